The lowest BCUT2D eigenvalue weighted by molar-refractivity contribution is -0.137. The quantitative estimate of drug-likeness (QED) is 0.571. The Labute approximate surface area is 182 Å². The van der Waals surface area contributed by atoms with Crippen LogP contribution in [0.1, 0.15) is 5.56 Å². The van der Waals surface area contributed by atoms with Gasteiger partial charge in [0, 0.05) is 18.1 Å². The van der Waals surface area contributed by atoms with Gasteiger partial charge in [-0.3, -0.25) is 14.1 Å². The van der Waals surface area contributed by atoms with Crippen LogP contribution in [0.2, 0.25) is 0 Å². The van der Waals surface area contributed by atoms with Crippen molar-refractivity contribution in [3.05, 3.63) is 78.6 Å². The lowest BCUT2D eigenvalue weighted by Gasteiger charge is -2.24. The maximum absolute atomic E-state index is 13.2. The van der Waals surface area contributed by atoms with Crippen molar-refractivity contribution in [3.8, 4) is 5.75 Å². The Kier molecular flexibility index (Phi) is 6.68. The minimum Gasteiger partial charge on any atom is -0.497 e. The molecule has 0 aliphatic heterocycles. The van der Waals surface area contributed by atoms with E-state index in [1.165, 1.54) is 55.8 Å². The van der Waals surface area contributed by atoms with Crippen LogP contribution in [0.5, 0.6) is 5.75 Å². The predicted octanol–water partition coefficient (Wildman–Crippen LogP) is 3.94. The topological polar surface area (TPSA) is 88.6 Å². The maximum atomic E-state index is 13.2. The zero-order valence-corrected chi connectivity index (χ0v) is 17.5. The van der Waals surface area contributed by atoms with E-state index in [-0.39, 0.29) is 16.3 Å². The second-order valence-electron chi connectivity index (χ2n) is 6.53. The molecule has 0 unspecified atom stereocenters. The molecule has 0 aliphatic carbocycles. The van der Waals surface area contributed by atoms with Gasteiger partial charge in [-0.25, -0.2) is 8.42 Å². The van der Waals surface area contributed by atoms with Crippen LogP contribution in [0.3, 0.4) is 0 Å². The Balaban J connectivity index is 1.91. The highest BCUT2D eigenvalue weighted by molar-refractivity contribution is 7.92. The van der Waals surface area contributed by atoms with Gasteiger partial charge in [0.05, 0.1) is 18.4 Å². The molecule has 0 bridgehead atoms. The first-order valence-electron chi connectivity index (χ1n) is 9.15. The summed E-state index contributed by atoms with van der Waals surface area (Å²) in [4.78, 5) is 16.3. The summed E-state index contributed by atoms with van der Waals surface area (Å²) in [5.41, 5.74) is -0.891. The van der Waals surface area contributed by atoms with E-state index in [4.69, 9.17) is 4.74 Å². The second kappa shape index (κ2) is 9.27. The molecular weight excluding hydrogens is 447 g/mol. The summed E-state index contributed by atoms with van der Waals surface area (Å²) in [6.07, 6.45) is -2.05. The zero-order valence-electron chi connectivity index (χ0n) is 16.7. The fourth-order valence-corrected chi connectivity index (χ4v) is 4.18. The van der Waals surface area contributed by atoms with Gasteiger partial charge in [-0.2, -0.15) is 13.2 Å². The smallest absolute Gasteiger partial charge is 0.416 e. The van der Waals surface area contributed by atoms with Crippen molar-refractivity contribution >= 4 is 27.3 Å². The summed E-state index contributed by atoms with van der Waals surface area (Å²) >= 11 is 0. The molecule has 11 heteroatoms. The average Bonchev–Trinajstić information content (AvgIpc) is 2.78. The third kappa shape index (κ3) is 5.35. The molecule has 0 radical (unpaired) electrons. The molecule has 0 aliphatic rings. The number of halogens is 3. The van der Waals surface area contributed by atoms with Gasteiger partial charge in [0.25, 0.3) is 10.0 Å². The highest BCUT2D eigenvalue weighted by Gasteiger charge is 2.31. The van der Waals surface area contributed by atoms with Crippen LogP contribution in [0.15, 0.2) is 78.0 Å². The van der Waals surface area contributed by atoms with E-state index < -0.39 is 34.2 Å². The molecule has 0 spiro atoms. The number of alkyl halides is 3. The van der Waals surface area contributed by atoms with E-state index in [9.17, 15) is 26.4 Å². The largest absolute Gasteiger partial charge is 0.497 e. The molecule has 1 N–H and O–H groups in total. The fourth-order valence-electron chi connectivity index (χ4n) is 2.79. The normalized spacial score (nSPS) is 11.6. The number of sulfonamides is 1. The monoisotopic (exact) mass is 465 g/mol. The number of hydrogen-bond donors (Lipinski definition) is 1. The van der Waals surface area contributed by atoms with Crippen molar-refractivity contribution in [2.45, 2.75) is 11.1 Å². The van der Waals surface area contributed by atoms with Crippen molar-refractivity contribution in [3.63, 3.8) is 0 Å². The summed E-state index contributed by atoms with van der Waals surface area (Å²) in [6, 6.07) is 12.8. The minimum atomic E-state index is -4.58. The Bertz CT molecular complexity index is 1180. The molecule has 0 atom stereocenters. The number of amides is 1. The summed E-state index contributed by atoms with van der Waals surface area (Å²) in [5.74, 6) is -0.353. The lowest BCUT2D eigenvalue weighted by Crippen LogP contribution is -2.38. The number of aromatic nitrogens is 1. The average molecular weight is 465 g/mol. The minimum absolute atomic E-state index is 0.113. The summed E-state index contributed by atoms with van der Waals surface area (Å²) < 4.78 is 71.1. The van der Waals surface area contributed by atoms with Crippen LogP contribution in [0.4, 0.5) is 24.5 Å². The van der Waals surface area contributed by atoms with Crippen LogP contribution in [-0.2, 0) is 21.0 Å². The Morgan fingerprint density at radius 1 is 1.09 bits per heavy atom. The van der Waals surface area contributed by atoms with E-state index in [0.717, 1.165) is 28.7 Å². The van der Waals surface area contributed by atoms with Crippen LogP contribution >= 0.6 is 0 Å². The third-order valence-electron chi connectivity index (χ3n) is 4.34. The molecule has 3 rings (SSSR count). The number of nitrogens with one attached hydrogen (secondary N) is 1. The van der Waals surface area contributed by atoms with E-state index in [1.807, 2.05) is 0 Å². The number of methoxy groups -OCH3 is 1. The molecule has 0 saturated heterocycles. The standard InChI is InChI=1S/C21H18F3N3O4S/c1-31-18-9-7-17(8-10-18)27(32(29,30)19-6-3-11-25-13-19)14-20(28)26-16-5-2-4-15(12-16)21(22,23)24/h2-13H,14H2,1H3,(H,26,28). The van der Waals surface area contributed by atoms with Gasteiger partial charge in [0.15, 0.2) is 0 Å². The van der Waals surface area contributed by atoms with Gasteiger partial charge in [0.1, 0.15) is 17.2 Å². The number of carbonyl (C=O) groups is 1. The summed E-state index contributed by atoms with van der Waals surface area (Å²) in [7, 11) is -2.76. The van der Waals surface area contributed by atoms with E-state index in [2.05, 4.69) is 10.3 Å². The molecule has 168 valence electrons. The summed E-state index contributed by atoms with van der Waals surface area (Å²) in [6.45, 7) is -0.681. The van der Waals surface area contributed by atoms with Crippen LogP contribution in [0, 0.1) is 0 Å². The van der Waals surface area contributed by atoms with Crippen molar-refractivity contribution < 1.29 is 31.1 Å². The van der Waals surface area contributed by atoms with E-state index >= 15 is 0 Å². The van der Waals surface area contributed by atoms with Gasteiger partial charge in [-0.05, 0) is 54.6 Å². The van der Waals surface area contributed by atoms with Crippen molar-refractivity contribution in [2.24, 2.45) is 0 Å². The maximum Gasteiger partial charge on any atom is 0.416 e. The van der Waals surface area contributed by atoms with Crippen LogP contribution in [0.25, 0.3) is 0 Å². The molecule has 1 aromatic heterocycles. The molecule has 0 saturated carbocycles. The number of nitrogens with zero attached hydrogens (tertiary/aromatic N) is 2. The molecule has 1 heterocycles. The highest BCUT2D eigenvalue weighted by Crippen LogP contribution is 2.31. The van der Waals surface area contributed by atoms with Crippen molar-refractivity contribution in [1.82, 2.24) is 4.98 Å². The van der Waals surface area contributed by atoms with Crippen molar-refractivity contribution in [2.75, 3.05) is 23.3 Å². The lowest BCUT2D eigenvalue weighted by atomic mass is 10.2. The number of rotatable bonds is 7. The van der Waals surface area contributed by atoms with E-state index in [1.54, 1.807) is 0 Å². The molecule has 7 nitrogen and oxygen atoms in total. The first kappa shape index (κ1) is 23.1. The molecule has 1 amide bonds. The third-order valence-corrected chi connectivity index (χ3v) is 6.10. The molecule has 0 fully saturated rings. The molecule has 2 aromatic carbocycles. The highest BCUT2D eigenvalue weighted by atomic mass is 32.2. The first-order chi connectivity index (χ1) is 15.1. The van der Waals surface area contributed by atoms with Gasteiger partial charge in [0.2, 0.25) is 5.91 Å². The van der Waals surface area contributed by atoms with Crippen LogP contribution < -0.4 is 14.4 Å². The summed E-state index contributed by atoms with van der Waals surface area (Å²) in [5, 5.41) is 2.32. The molecule has 3 aromatic rings. The number of ether oxygens (including phenoxy) is 1. The molecular formula is C21H18F3N3O4S. The zero-order chi connectivity index (χ0) is 23.4. The van der Waals surface area contributed by atoms with Gasteiger partial charge in [-0.15, -0.1) is 0 Å². The SMILES string of the molecule is COc1ccc(N(CC(=O)Nc2cccc(C(F)(F)F)c2)S(=O)(=O)c2cccnc2)cc1. The predicted molar refractivity (Wildman–Crippen MR) is 112 cm³/mol. The number of pyridine rings is 1. The van der Waals surface area contributed by atoms with Crippen LogP contribution in [-0.4, -0.2) is 33.0 Å². The number of hydrogen-bond acceptors (Lipinski definition) is 5. The Morgan fingerprint density at radius 3 is 2.41 bits per heavy atom. The number of carbonyl (C=O) groups excluding carboxylic acids is 1. The Morgan fingerprint density at radius 2 is 1.81 bits per heavy atom. The van der Waals surface area contributed by atoms with Crippen molar-refractivity contribution in [1.29, 1.82) is 0 Å². The number of anilines is 2. The first-order valence-corrected chi connectivity index (χ1v) is 10.6. The van der Waals surface area contributed by atoms with Gasteiger partial charge >= 0.3 is 6.18 Å². The Hall–Kier alpha value is -3.60. The molecule has 32 heavy (non-hydrogen) atoms. The fraction of sp³-hybridized carbons (Fsp3) is 0.143. The van der Waals surface area contributed by atoms with E-state index in [0.29, 0.717) is 5.75 Å². The van der Waals surface area contributed by atoms with Gasteiger partial charge in [-0.1, -0.05) is 6.07 Å². The van der Waals surface area contributed by atoms with Gasteiger partial charge < -0.3 is 10.1 Å². The number of benzene rings is 2. The second-order valence-corrected chi connectivity index (χ2v) is 8.39.